The molecule has 0 radical (unpaired) electrons. The molecule has 1 saturated heterocycles. The summed E-state index contributed by atoms with van der Waals surface area (Å²) in [5, 5.41) is 9.26. The molecule has 0 aromatic heterocycles. The first-order chi connectivity index (χ1) is 6.11. The van der Waals surface area contributed by atoms with Crippen LogP contribution in [0.25, 0.3) is 0 Å². The summed E-state index contributed by atoms with van der Waals surface area (Å²) in [6.45, 7) is 1.35. The van der Waals surface area contributed by atoms with Crippen molar-refractivity contribution >= 4 is 11.8 Å². The van der Waals surface area contributed by atoms with Crippen LogP contribution < -0.4 is 5.73 Å². The predicted octanol–water partition coefficient (Wildman–Crippen LogP) is -1.15. The van der Waals surface area contributed by atoms with Gasteiger partial charge in [-0.2, -0.15) is 0 Å². The second-order valence-corrected chi connectivity index (χ2v) is 3.22. The van der Waals surface area contributed by atoms with Crippen molar-refractivity contribution < 1.29 is 14.7 Å². The fourth-order valence-electron chi connectivity index (χ4n) is 1.43. The van der Waals surface area contributed by atoms with Crippen molar-refractivity contribution in [2.45, 2.75) is 25.4 Å². The number of nitrogens with two attached hydrogens (primary N) is 1. The predicted molar refractivity (Wildman–Crippen MR) is 45.6 cm³/mol. The molecule has 3 N–H and O–H groups in total. The molecular weight excluding hydrogens is 172 g/mol. The Labute approximate surface area is 76.5 Å². The van der Waals surface area contributed by atoms with E-state index in [1.165, 1.54) is 0 Å². The summed E-state index contributed by atoms with van der Waals surface area (Å²) in [5.74, 6) is -1.03. The normalized spacial score (nSPS) is 18.7. The van der Waals surface area contributed by atoms with E-state index in [1.54, 1.807) is 4.90 Å². The zero-order chi connectivity index (χ0) is 9.84. The van der Waals surface area contributed by atoms with Crippen molar-refractivity contribution in [3.8, 4) is 0 Å². The van der Waals surface area contributed by atoms with E-state index in [1.807, 2.05) is 0 Å². The molecule has 0 aliphatic carbocycles. The van der Waals surface area contributed by atoms with Crippen molar-refractivity contribution in [3.63, 3.8) is 0 Å². The summed E-state index contributed by atoms with van der Waals surface area (Å²) in [6, 6.07) is 0. The highest BCUT2D eigenvalue weighted by atomic mass is 16.3. The highest BCUT2D eigenvalue weighted by Crippen LogP contribution is 2.09. The van der Waals surface area contributed by atoms with Crippen LogP contribution in [0.1, 0.15) is 19.3 Å². The van der Waals surface area contributed by atoms with E-state index >= 15 is 0 Å². The van der Waals surface area contributed by atoms with Gasteiger partial charge in [-0.05, 0) is 12.8 Å². The third-order valence-electron chi connectivity index (χ3n) is 2.10. The van der Waals surface area contributed by atoms with E-state index in [2.05, 4.69) is 0 Å². The largest absolute Gasteiger partial charge is 0.383 e. The number of hydrogen-bond acceptors (Lipinski definition) is 3. The number of rotatable bonds is 3. The Morgan fingerprint density at radius 2 is 1.92 bits per heavy atom. The number of aliphatic hydroxyl groups excluding tert-OH is 1. The molecule has 13 heavy (non-hydrogen) atoms. The standard InChI is InChI=1S/C8H14N2O3/c9-7(12)5-6(11)8(13)10-3-1-2-4-10/h6,11H,1-5H2,(H2,9,12)/t6-/m0/s1. The Bertz CT molecular complexity index is 211. The van der Waals surface area contributed by atoms with Gasteiger partial charge in [-0.25, -0.2) is 0 Å². The first-order valence-corrected chi connectivity index (χ1v) is 4.36. The summed E-state index contributed by atoms with van der Waals surface area (Å²) >= 11 is 0. The second-order valence-electron chi connectivity index (χ2n) is 3.22. The van der Waals surface area contributed by atoms with E-state index in [0.29, 0.717) is 13.1 Å². The highest BCUT2D eigenvalue weighted by molar-refractivity contribution is 5.86. The molecule has 1 atom stereocenters. The molecule has 1 aliphatic heterocycles. The number of hydrogen-bond donors (Lipinski definition) is 2. The lowest BCUT2D eigenvalue weighted by Crippen LogP contribution is -2.39. The van der Waals surface area contributed by atoms with Crippen molar-refractivity contribution in [2.24, 2.45) is 5.73 Å². The molecule has 1 aliphatic rings. The van der Waals surface area contributed by atoms with Gasteiger partial charge in [-0.3, -0.25) is 9.59 Å². The number of amides is 2. The number of nitrogens with zero attached hydrogens (tertiary/aromatic N) is 1. The first-order valence-electron chi connectivity index (χ1n) is 4.36. The molecule has 0 bridgehead atoms. The molecule has 1 rings (SSSR count). The number of aliphatic hydroxyl groups is 1. The minimum atomic E-state index is -1.25. The summed E-state index contributed by atoms with van der Waals surface area (Å²) in [6.07, 6.45) is 0.398. The molecule has 0 unspecified atom stereocenters. The van der Waals surface area contributed by atoms with Crippen LogP contribution in [-0.4, -0.2) is 41.0 Å². The summed E-state index contributed by atoms with van der Waals surface area (Å²) < 4.78 is 0. The van der Waals surface area contributed by atoms with Crippen LogP contribution in [0.5, 0.6) is 0 Å². The van der Waals surface area contributed by atoms with Crippen molar-refractivity contribution in [2.75, 3.05) is 13.1 Å². The molecule has 0 saturated carbocycles. The van der Waals surface area contributed by atoms with Gasteiger partial charge in [0.2, 0.25) is 5.91 Å². The smallest absolute Gasteiger partial charge is 0.251 e. The monoisotopic (exact) mass is 186 g/mol. The molecule has 1 fully saturated rings. The Morgan fingerprint density at radius 3 is 2.38 bits per heavy atom. The Balaban J connectivity index is 2.41. The number of carbonyl (C=O) groups excluding carboxylic acids is 2. The van der Waals surface area contributed by atoms with Gasteiger partial charge >= 0.3 is 0 Å². The SMILES string of the molecule is NC(=O)C[C@H](O)C(=O)N1CCCC1. The lowest BCUT2D eigenvalue weighted by Gasteiger charge is -2.18. The van der Waals surface area contributed by atoms with Gasteiger partial charge in [0.15, 0.2) is 0 Å². The fraction of sp³-hybridized carbons (Fsp3) is 0.750. The topological polar surface area (TPSA) is 83.6 Å². The first kappa shape index (κ1) is 9.98. The van der Waals surface area contributed by atoms with Gasteiger partial charge in [0.25, 0.3) is 5.91 Å². The maximum atomic E-state index is 11.3. The molecule has 5 heteroatoms. The zero-order valence-corrected chi connectivity index (χ0v) is 7.40. The third-order valence-corrected chi connectivity index (χ3v) is 2.10. The van der Waals surface area contributed by atoms with E-state index in [9.17, 15) is 14.7 Å². The summed E-state index contributed by atoms with van der Waals surface area (Å²) in [4.78, 5) is 23.3. The lowest BCUT2D eigenvalue weighted by atomic mass is 10.2. The summed E-state index contributed by atoms with van der Waals surface area (Å²) in [5.41, 5.74) is 4.86. The number of primary amides is 1. The maximum Gasteiger partial charge on any atom is 0.251 e. The Morgan fingerprint density at radius 1 is 1.38 bits per heavy atom. The van der Waals surface area contributed by atoms with Gasteiger partial charge in [-0.1, -0.05) is 0 Å². The molecule has 5 nitrogen and oxygen atoms in total. The van der Waals surface area contributed by atoms with Crippen LogP contribution >= 0.6 is 0 Å². The molecule has 2 amide bonds. The molecule has 0 aromatic rings. The molecular formula is C8H14N2O3. The lowest BCUT2D eigenvalue weighted by molar-refractivity contribution is -0.141. The second kappa shape index (κ2) is 4.23. The van der Waals surface area contributed by atoms with E-state index in [0.717, 1.165) is 12.8 Å². The van der Waals surface area contributed by atoms with Crippen molar-refractivity contribution in [1.82, 2.24) is 4.90 Å². The minimum absolute atomic E-state index is 0.282. The zero-order valence-electron chi connectivity index (χ0n) is 7.40. The van der Waals surface area contributed by atoms with Gasteiger partial charge in [-0.15, -0.1) is 0 Å². The van der Waals surface area contributed by atoms with Crippen LogP contribution in [0, 0.1) is 0 Å². The average Bonchev–Trinajstić information content (AvgIpc) is 2.53. The fourth-order valence-corrected chi connectivity index (χ4v) is 1.43. The number of carbonyl (C=O) groups is 2. The van der Waals surface area contributed by atoms with Crippen LogP contribution in [0.2, 0.25) is 0 Å². The van der Waals surface area contributed by atoms with Gasteiger partial charge in [0.05, 0.1) is 6.42 Å². The molecule has 0 spiro atoms. The van der Waals surface area contributed by atoms with Crippen LogP contribution in [0.3, 0.4) is 0 Å². The van der Waals surface area contributed by atoms with Crippen molar-refractivity contribution in [3.05, 3.63) is 0 Å². The van der Waals surface area contributed by atoms with E-state index in [-0.39, 0.29) is 12.3 Å². The van der Waals surface area contributed by atoms with Crippen molar-refractivity contribution in [1.29, 1.82) is 0 Å². The van der Waals surface area contributed by atoms with Crippen LogP contribution in [-0.2, 0) is 9.59 Å². The highest BCUT2D eigenvalue weighted by Gasteiger charge is 2.25. The quantitative estimate of drug-likeness (QED) is 0.583. The van der Waals surface area contributed by atoms with E-state index < -0.39 is 12.0 Å². The summed E-state index contributed by atoms with van der Waals surface area (Å²) in [7, 11) is 0. The number of likely N-dealkylation sites (tertiary alicyclic amines) is 1. The van der Waals surface area contributed by atoms with Gasteiger partial charge in [0.1, 0.15) is 6.10 Å². The van der Waals surface area contributed by atoms with Gasteiger partial charge < -0.3 is 15.7 Å². The molecule has 1 heterocycles. The van der Waals surface area contributed by atoms with Gasteiger partial charge in [0, 0.05) is 13.1 Å². The average molecular weight is 186 g/mol. The Kier molecular flexibility index (Phi) is 3.25. The van der Waals surface area contributed by atoms with Crippen LogP contribution in [0.15, 0.2) is 0 Å². The molecule has 74 valence electrons. The molecule has 0 aromatic carbocycles. The third kappa shape index (κ3) is 2.69. The minimum Gasteiger partial charge on any atom is -0.383 e. The van der Waals surface area contributed by atoms with E-state index in [4.69, 9.17) is 5.73 Å². The Hall–Kier alpha value is -1.10. The van der Waals surface area contributed by atoms with Crippen LogP contribution in [0.4, 0.5) is 0 Å². The maximum absolute atomic E-state index is 11.3.